The first-order valence-corrected chi connectivity index (χ1v) is 10.9. The van der Waals surface area contributed by atoms with Crippen molar-refractivity contribution < 1.29 is 13.5 Å². The van der Waals surface area contributed by atoms with Gasteiger partial charge in [-0.05, 0) is 0 Å². The Kier molecular flexibility index (Phi) is 6.36. The molecule has 0 spiro atoms. The Morgan fingerprint density at radius 2 is 1.86 bits per heavy atom. The summed E-state index contributed by atoms with van der Waals surface area (Å²) in [6, 6.07) is 8.20. The average Bonchev–Trinajstić information content (AvgIpc) is 2.51. The van der Waals surface area contributed by atoms with E-state index in [1.54, 1.807) is 30.6 Å². The predicted octanol–water partition coefficient (Wildman–Crippen LogP) is 0.0250. The Morgan fingerprint density at radius 1 is 1.23 bits per heavy atom. The van der Waals surface area contributed by atoms with E-state index in [-0.39, 0.29) is 19.9 Å². The topological polar surface area (TPSA) is 106 Å². The Labute approximate surface area is 139 Å². The minimum atomic E-state index is -3.65. The van der Waals surface area contributed by atoms with Crippen LogP contribution in [0.2, 0.25) is 5.32 Å². The van der Waals surface area contributed by atoms with Crippen molar-refractivity contribution in [3.05, 3.63) is 42.7 Å². The van der Waals surface area contributed by atoms with E-state index >= 15 is 0 Å². The summed E-state index contributed by atoms with van der Waals surface area (Å²) in [5, 5.41) is 16.3. The van der Waals surface area contributed by atoms with Crippen LogP contribution in [0.25, 0.3) is 0 Å². The Bertz CT molecular complexity index is 696. The molecule has 22 heavy (non-hydrogen) atoms. The molecule has 0 saturated carbocycles. The number of aliphatic hydroxyl groups excluding tert-OH is 1. The third-order valence-electron chi connectivity index (χ3n) is 2.54. The molecule has 2 rings (SSSR count). The van der Waals surface area contributed by atoms with E-state index in [2.05, 4.69) is 9.97 Å². The van der Waals surface area contributed by atoms with Crippen LogP contribution in [0.5, 0.6) is 0 Å². The van der Waals surface area contributed by atoms with E-state index in [1.807, 2.05) is 0 Å². The van der Waals surface area contributed by atoms with Gasteiger partial charge < -0.3 is 0 Å². The van der Waals surface area contributed by atoms with Crippen molar-refractivity contribution in [1.29, 1.82) is 0 Å². The summed E-state index contributed by atoms with van der Waals surface area (Å²) in [5.74, 6) is 0.529. The molecule has 0 amide bonds. The van der Waals surface area contributed by atoms with Gasteiger partial charge in [0, 0.05) is 0 Å². The summed E-state index contributed by atoms with van der Waals surface area (Å²) >= 11 is 1.48. The van der Waals surface area contributed by atoms with Crippen LogP contribution in [0.3, 0.4) is 0 Å². The molecular formula is C13H15N3O3S2Se. The maximum absolute atomic E-state index is 11.2. The fourth-order valence-corrected chi connectivity index (χ4v) is 4.82. The number of nitrogens with zero attached hydrogens (tertiary/aromatic N) is 2. The Morgan fingerprint density at radius 3 is 2.45 bits per heavy atom. The number of nitrogens with two attached hydrogens (primary N) is 1. The molecule has 0 aliphatic rings. The van der Waals surface area contributed by atoms with Crippen LogP contribution >= 0.6 is 11.8 Å². The number of aromatic nitrogens is 2. The molecule has 0 fully saturated rings. The van der Waals surface area contributed by atoms with Crippen LogP contribution in [0.4, 0.5) is 0 Å². The van der Waals surface area contributed by atoms with E-state index in [9.17, 15) is 13.5 Å². The Balaban J connectivity index is 1.80. The molecule has 0 aliphatic heterocycles. The van der Waals surface area contributed by atoms with Crippen molar-refractivity contribution >= 4 is 41.2 Å². The van der Waals surface area contributed by atoms with Gasteiger partial charge in [0.2, 0.25) is 0 Å². The molecular weight excluding hydrogens is 389 g/mol. The molecule has 1 aromatic carbocycles. The zero-order valence-electron chi connectivity index (χ0n) is 11.5. The van der Waals surface area contributed by atoms with Crippen molar-refractivity contribution in [3.63, 3.8) is 0 Å². The van der Waals surface area contributed by atoms with Gasteiger partial charge in [0.1, 0.15) is 0 Å². The van der Waals surface area contributed by atoms with Crippen LogP contribution in [-0.2, 0) is 10.0 Å². The normalized spacial score (nSPS) is 13.0. The van der Waals surface area contributed by atoms with Gasteiger partial charge >= 0.3 is 140 Å². The first kappa shape index (κ1) is 17.4. The number of hydrogen-bond donors (Lipinski definition) is 2. The van der Waals surface area contributed by atoms with E-state index < -0.39 is 16.1 Å². The fraction of sp³-hybridized carbons (Fsp3) is 0.231. The summed E-state index contributed by atoms with van der Waals surface area (Å²) < 4.78 is 23.3. The van der Waals surface area contributed by atoms with Crippen molar-refractivity contribution in [1.82, 2.24) is 9.97 Å². The minimum absolute atomic E-state index is 0.0639. The van der Waals surface area contributed by atoms with E-state index in [1.165, 1.54) is 23.9 Å². The molecule has 6 nitrogen and oxygen atoms in total. The number of thioether (sulfide) groups is 1. The van der Waals surface area contributed by atoms with Crippen LogP contribution in [0.15, 0.2) is 52.8 Å². The zero-order chi connectivity index (χ0) is 16.0. The van der Waals surface area contributed by atoms with Crippen molar-refractivity contribution in [2.45, 2.75) is 21.5 Å². The molecule has 0 saturated heterocycles. The molecule has 0 aliphatic carbocycles. The number of rotatable bonds is 7. The number of aliphatic hydroxyl groups is 1. The molecule has 1 unspecified atom stereocenters. The SMILES string of the molecule is NS(=O)(=O)c1ccc([Se]CC(O)CSc2ncccn2)cc1. The van der Waals surface area contributed by atoms with Crippen molar-refractivity contribution in [2.24, 2.45) is 5.14 Å². The third-order valence-corrected chi connectivity index (χ3v) is 6.92. The molecule has 1 aromatic heterocycles. The quantitative estimate of drug-likeness (QED) is 0.383. The maximum atomic E-state index is 11.2. The molecule has 118 valence electrons. The van der Waals surface area contributed by atoms with E-state index in [0.29, 0.717) is 16.2 Å². The second kappa shape index (κ2) is 8.05. The van der Waals surface area contributed by atoms with Gasteiger partial charge in [-0.1, -0.05) is 0 Å². The number of hydrogen-bond acceptors (Lipinski definition) is 6. The summed E-state index contributed by atoms with van der Waals surface area (Å²) in [6.45, 7) is 0. The number of benzene rings is 1. The molecule has 1 heterocycles. The first-order valence-electron chi connectivity index (χ1n) is 6.29. The van der Waals surface area contributed by atoms with Gasteiger partial charge in [-0.25, -0.2) is 0 Å². The van der Waals surface area contributed by atoms with E-state index in [4.69, 9.17) is 5.14 Å². The summed E-state index contributed by atoms with van der Waals surface area (Å²) in [7, 11) is -3.65. The van der Waals surface area contributed by atoms with Gasteiger partial charge in [-0.2, -0.15) is 0 Å². The Hall–Kier alpha value is -0.961. The van der Waals surface area contributed by atoms with Gasteiger partial charge in [0.05, 0.1) is 0 Å². The van der Waals surface area contributed by atoms with E-state index in [0.717, 1.165) is 4.46 Å². The number of primary sulfonamides is 1. The third kappa shape index (κ3) is 5.68. The predicted molar refractivity (Wildman–Crippen MR) is 86.8 cm³/mol. The van der Waals surface area contributed by atoms with Gasteiger partial charge in [0.25, 0.3) is 0 Å². The first-order chi connectivity index (χ1) is 10.4. The summed E-state index contributed by atoms with van der Waals surface area (Å²) in [5.41, 5.74) is 0. The molecule has 1 atom stereocenters. The zero-order valence-corrected chi connectivity index (χ0v) is 14.8. The second-order valence-electron chi connectivity index (χ2n) is 4.32. The second-order valence-corrected chi connectivity index (χ2v) is 9.17. The van der Waals surface area contributed by atoms with Gasteiger partial charge in [-0.3, -0.25) is 0 Å². The molecule has 2 aromatic rings. The van der Waals surface area contributed by atoms with Crippen LogP contribution in [-0.4, -0.2) is 50.3 Å². The number of sulfonamides is 1. The monoisotopic (exact) mass is 405 g/mol. The molecule has 0 bridgehead atoms. The molecule has 3 N–H and O–H groups in total. The molecule has 0 radical (unpaired) electrons. The van der Waals surface area contributed by atoms with Gasteiger partial charge in [0.15, 0.2) is 0 Å². The average molecular weight is 404 g/mol. The summed E-state index contributed by atoms with van der Waals surface area (Å²) in [4.78, 5) is 8.26. The van der Waals surface area contributed by atoms with Gasteiger partial charge in [-0.15, -0.1) is 0 Å². The molecule has 9 heteroatoms. The van der Waals surface area contributed by atoms with Crippen LogP contribution in [0.1, 0.15) is 0 Å². The standard InChI is InChI=1S/C13H15N3O3S2Se/c14-21(18,19)11-2-4-12(5-3-11)22-9-10(17)8-20-13-15-6-1-7-16-13/h1-7,10,17H,8-9H2,(H2,14,18,19). The van der Waals surface area contributed by atoms with Crippen LogP contribution < -0.4 is 9.60 Å². The summed E-state index contributed by atoms with van der Waals surface area (Å²) in [6.07, 6.45) is 2.88. The van der Waals surface area contributed by atoms with Crippen molar-refractivity contribution in [2.75, 3.05) is 5.75 Å². The van der Waals surface area contributed by atoms with Crippen molar-refractivity contribution in [3.8, 4) is 0 Å². The fourth-order valence-electron chi connectivity index (χ4n) is 1.50. The van der Waals surface area contributed by atoms with Crippen LogP contribution in [0, 0.1) is 0 Å².